The summed E-state index contributed by atoms with van der Waals surface area (Å²) in [5.41, 5.74) is 0. The summed E-state index contributed by atoms with van der Waals surface area (Å²) in [6, 6.07) is 0. The van der Waals surface area contributed by atoms with Crippen LogP contribution in [0.5, 0.6) is 0 Å². The van der Waals surface area contributed by atoms with Gasteiger partial charge < -0.3 is 14.7 Å². The van der Waals surface area contributed by atoms with E-state index in [1.807, 2.05) is 11.8 Å². The minimum absolute atomic E-state index is 0.0566. The van der Waals surface area contributed by atoms with Gasteiger partial charge in [-0.15, -0.1) is 0 Å². The molecule has 1 amide bonds. The number of methoxy groups -OCH3 is 1. The second-order valence-corrected chi connectivity index (χ2v) is 5.21. The fourth-order valence-corrected chi connectivity index (χ4v) is 2.46. The second-order valence-electron chi connectivity index (χ2n) is 5.21. The lowest BCUT2D eigenvalue weighted by Crippen LogP contribution is -2.41. The quantitative estimate of drug-likeness (QED) is 0.780. The van der Waals surface area contributed by atoms with Gasteiger partial charge in [0.25, 0.3) is 0 Å². The number of carboxylic acid groups (broad SMARTS) is 1. The number of piperidine rings is 1. The smallest absolute Gasteiger partial charge is 0.303 e. The highest BCUT2D eigenvalue weighted by Crippen LogP contribution is 2.19. The first kappa shape index (κ1) is 15.0. The third-order valence-corrected chi connectivity index (χ3v) is 3.32. The van der Waals surface area contributed by atoms with E-state index in [0.717, 1.165) is 25.9 Å². The van der Waals surface area contributed by atoms with Crippen molar-refractivity contribution in [2.75, 3.05) is 26.8 Å². The Morgan fingerprint density at radius 3 is 2.78 bits per heavy atom. The zero-order valence-corrected chi connectivity index (χ0v) is 11.2. The van der Waals surface area contributed by atoms with E-state index in [1.165, 1.54) is 0 Å². The Hall–Kier alpha value is -1.10. The fourth-order valence-electron chi connectivity index (χ4n) is 2.46. The average Bonchev–Trinajstić information content (AvgIpc) is 2.28. The van der Waals surface area contributed by atoms with Crippen molar-refractivity contribution in [3.63, 3.8) is 0 Å². The molecule has 1 aliphatic heterocycles. The molecule has 0 aliphatic carbocycles. The van der Waals surface area contributed by atoms with Crippen molar-refractivity contribution in [1.82, 2.24) is 4.90 Å². The summed E-state index contributed by atoms with van der Waals surface area (Å²) in [7, 11) is 1.68. The monoisotopic (exact) mass is 257 g/mol. The number of carbonyl (C=O) groups excluding carboxylic acids is 1. The summed E-state index contributed by atoms with van der Waals surface area (Å²) in [6.45, 7) is 4.03. The Labute approximate surface area is 108 Å². The van der Waals surface area contributed by atoms with Crippen molar-refractivity contribution in [3.8, 4) is 0 Å². The van der Waals surface area contributed by atoms with Crippen LogP contribution >= 0.6 is 0 Å². The molecule has 2 atom stereocenters. The number of ether oxygens (including phenoxy) is 1. The Morgan fingerprint density at radius 1 is 1.44 bits per heavy atom. The number of carboxylic acids is 1. The molecule has 0 aromatic heterocycles. The molecule has 0 saturated carbocycles. The molecule has 1 rings (SSSR count). The molecule has 0 bridgehead atoms. The van der Waals surface area contributed by atoms with Gasteiger partial charge in [0.15, 0.2) is 0 Å². The molecule has 1 aliphatic rings. The van der Waals surface area contributed by atoms with Crippen LogP contribution < -0.4 is 0 Å². The number of rotatable bonds is 6. The number of aliphatic carboxylic acids is 1. The molecule has 104 valence electrons. The summed E-state index contributed by atoms with van der Waals surface area (Å²) in [5, 5.41) is 8.68. The molecule has 1 fully saturated rings. The first-order valence-corrected chi connectivity index (χ1v) is 6.51. The maximum absolute atomic E-state index is 12.0. The standard InChI is InChI=1S/C13H23NO4/c1-10(7-13(16)17)6-12(15)14-5-3-4-11(8-14)9-18-2/h10-11H,3-9H2,1-2H3,(H,16,17). The minimum atomic E-state index is -0.841. The summed E-state index contributed by atoms with van der Waals surface area (Å²) in [6.07, 6.45) is 2.49. The third-order valence-electron chi connectivity index (χ3n) is 3.32. The molecule has 0 aromatic carbocycles. The number of carbonyl (C=O) groups is 2. The largest absolute Gasteiger partial charge is 0.481 e. The molecular weight excluding hydrogens is 234 g/mol. The van der Waals surface area contributed by atoms with Crippen LogP contribution in [0.3, 0.4) is 0 Å². The highest BCUT2D eigenvalue weighted by Gasteiger charge is 2.24. The van der Waals surface area contributed by atoms with Crippen LogP contribution in [0.15, 0.2) is 0 Å². The second kappa shape index (κ2) is 7.36. The molecule has 5 nitrogen and oxygen atoms in total. The van der Waals surface area contributed by atoms with E-state index in [1.54, 1.807) is 7.11 Å². The fraction of sp³-hybridized carbons (Fsp3) is 0.846. The van der Waals surface area contributed by atoms with E-state index in [0.29, 0.717) is 18.9 Å². The van der Waals surface area contributed by atoms with Gasteiger partial charge in [-0.2, -0.15) is 0 Å². The predicted octanol–water partition coefficient (Wildman–Crippen LogP) is 1.37. The van der Waals surface area contributed by atoms with Gasteiger partial charge in [0, 0.05) is 33.0 Å². The number of hydrogen-bond donors (Lipinski definition) is 1. The number of hydrogen-bond acceptors (Lipinski definition) is 3. The molecule has 0 radical (unpaired) electrons. The van der Waals surface area contributed by atoms with E-state index >= 15 is 0 Å². The van der Waals surface area contributed by atoms with Gasteiger partial charge in [-0.1, -0.05) is 6.92 Å². The van der Waals surface area contributed by atoms with Crippen molar-refractivity contribution in [3.05, 3.63) is 0 Å². The van der Waals surface area contributed by atoms with Crippen LogP contribution in [0.25, 0.3) is 0 Å². The predicted molar refractivity (Wildman–Crippen MR) is 67.2 cm³/mol. The normalized spacial score (nSPS) is 21.7. The molecule has 1 saturated heterocycles. The van der Waals surface area contributed by atoms with Gasteiger partial charge in [-0.25, -0.2) is 0 Å². The van der Waals surface area contributed by atoms with E-state index in [9.17, 15) is 9.59 Å². The molecule has 2 unspecified atom stereocenters. The summed E-state index contributed by atoms with van der Waals surface area (Å²) in [4.78, 5) is 24.4. The van der Waals surface area contributed by atoms with Gasteiger partial charge in [-0.3, -0.25) is 9.59 Å². The summed E-state index contributed by atoms with van der Waals surface area (Å²) < 4.78 is 5.13. The molecular formula is C13H23NO4. The molecule has 5 heteroatoms. The molecule has 0 spiro atoms. The van der Waals surface area contributed by atoms with E-state index in [-0.39, 0.29) is 18.2 Å². The molecule has 18 heavy (non-hydrogen) atoms. The molecule has 1 heterocycles. The van der Waals surface area contributed by atoms with E-state index < -0.39 is 5.97 Å². The highest BCUT2D eigenvalue weighted by atomic mass is 16.5. The zero-order chi connectivity index (χ0) is 13.5. The Bertz CT molecular complexity index is 291. The van der Waals surface area contributed by atoms with Gasteiger partial charge in [0.2, 0.25) is 5.91 Å². The molecule has 1 N–H and O–H groups in total. The van der Waals surface area contributed by atoms with Gasteiger partial charge >= 0.3 is 5.97 Å². The Kier molecular flexibility index (Phi) is 6.12. The lowest BCUT2D eigenvalue weighted by atomic mass is 9.97. The SMILES string of the molecule is COCC1CCCN(C(=O)CC(C)CC(=O)O)C1. The minimum Gasteiger partial charge on any atom is -0.481 e. The maximum atomic E-state index is 12.0. The number of amides is 1. The van der Waals surface area contributed by atoms with Gasteiger partial charge in [0.05, 0.1) is 6.61 Å². The van der Waals surface area contributed by atoms with Crippen molar-refractivity contribution in [1.29, 1.82) is 0 Å². The van der Waals surface area contributed by atoms with Gasteiger partial charge in [-0.05, 0) is 24.7 Å². The van der Waals surface area contributed by atoms with E-state index in [2.05, 4.69) is 0 Å². The average molecular weight is 257 g/mol. The Balaban J connectivity index is 2.38. The van der Waals surface area contributed by atoms with Gasteiger partial charge in [0.1, 0.15) is 0 Å². The van der Waals surface area contributed by atoms with Crippen molar-refractivity contribution in [2.45, 2.75) is 32.6 Å². The van der Waals surface area contributed by atoms with Crippen LogP contribution in [-0.2, 0) is 14.3 Å². The van der Waals surface area contributed by atoms with Crippen molar-refractivity contribution < 1.29 is 19.4 Å². The van der Waals surface area contributed by atoms with Crippen LogP contribution in [0.4, 0.5) is 0 Å². The number of nitrogens with zero attached hydrogens (tertiary/aromatic N) is 1. The zero-order valence-electron chi connectivity index (χ0n) is 11.2. The first-order valence-electron chi connectivity index (χ1n) is 6.51. The van der Waals surface area contributed by atoms with Crippen LogP contribution in [0.2, 0.25) is 0 Å². The van der Waals surface area contributed by atoms with Crippen molar-refractivity contribution in [2.24, 2.45) is 11.8 Å². The van der Waals surface area contributed by atoms with Crippen molar-refractivity contribution >= 4 is 11.9 Å². The van der Waals surface area contributed by atoms with Crippen LogP contribution in [0, 0.1) is 11.8 Å². The third kappa shape index (κ3) is 5.04. The molecule has 0 aromatic rings. The Morgan fingerprint density at radius 2 is 2.17 bits per heavy atom. The summed E-state index contributed by atoms with van der Waals surface area (Å²) in [5.74, 6) is -0.448. The highest BCUT2D eigenvalue weighted by molar-refractivity contribution is 5.77. The summed E-state index contributed by atoms with van der Waals surface area (Å²) >= 11 is 0. The lowest BCUT2D eigenvalue weighted by molar-refractivity contribution is -0.139. The van der Waals surface area contributed by atoms with E-state index in [4.69, 9.17) is 9.84 Å². The van der Waals surface area contributed by atoms with Crippen LogP contribution in [-0.4, -0.2) is 48.7 Å². The van der Waals surface area contributed by atoms with Crippen LogP contribution in [0.1, 0.15) is 32.6 Å². The maximum Gasteiger partial charge on any atom is 0.303 e. The lowest BCUT2D eigenvalue weighted by Gasteiger charge is -2.33. The first-order chi connectivity index (χ1) is 8.52. The number of likely N-dealkylation sites (tertiary alicyclic amines) is 1. The topological polar surface area (TPSA) is 66.8 Å².